The maximum atomic E-state index is 12.3. The monoisotopic (exact) mass is 482 g/mol. The number of amides is 2. The Labute approximate surface area is 156 Å². The van der Waals surface area contributed by atoms with Crippen LogP contribution in [0.3, 0.4) is 0 Å². The summed E-state index contributed by atoms with van der Waals surface area (Å²) in [5, 5.41) is 5.29. The number of nitrogens with one attached hydrogen (secondary N) is 1. The largest absolute Gasteiger partial charge is 0.309 e. The number of carbonyl (C=O) groups excluding carboxylic acids is 2. The fraction of sp³-hybridized carbons (Fsp3) is 0.385. The molecule has 0 aliphatic carbocycles. The van der Waals surface area contributed by atoms with E-state index in [4.69, 9.17) is 11.0 Å². The molecule has 1 heterocycles. The molecule has 2 rings (SSSR count). The zero-order valence-electron chi connectivity index (χ0n) is 12.9. The molecule has 0 bridgehead atoms. The maximum Gasteiger partial charge on any atom is 0.239 e. The SMILES string of the molecule is Cc1c(Br)c(N2CC(C(=O)NN)CC2=O)c(Br)c(C)c1S(N)(=O)=O. The molecule has 1 saturated heterocycles. The summed E-state index contributed by atoms with van der Waals surface area (Å²) in [7, 11) is -3.94. The van der Waals surface area contributed by atoms with Crippen molar-refractivity contribution in [3.8, 4) is 0 Å². The Morgan fingerprint density at radius 2 is 1.75 bits per heavy atom. The Balaban J connectivity index is 2.61. The number of carbonyl (C=O) groups is 2. The molecular weight excluding hydrogens is 468 g/mol. The van der Waals surface area contributed by atoms with Gasteiger partial charge in [0.05, 0.1) is 16.5 Å². The van der Waals surface area contributed by atoms with Gasteiger partial charge in [0.2, 0.25) is 21.8 Å². The molecule has 1 fully saturated rings. The number of nitrogens with zero attached hydrogens (tertiary/aromatic N) is 1. The van der Waals surface area contributed by atoms with Crippen molar-refractivity contribution in [2.45, 2.75) is 25.2 Å². The first kappa shape index (κ1) is 19.3. The first-order chi connectivity index (χ1) is 11.0. The molecule has 1 aliphatic heterocycles. The Morgan fingerprint density at radius 1 is 1.25 bits per heavy atom. The highest BCUT2D eigenvalue weighted by Gasteiger charge is 2.38. The van der Waals surface area contributed by atoms with Crippen LogP contribution in [0.2, 0.25) is 0 Å². The minimum absolute atomic E-state index is 0.00658. The second-order valence-corrected chi connectivity index (χ2v) is 8.60. The summed E-state index contributed by atoms with van der Waals surface area (Å²) in [6.07, 6.45) is 0.0247. The minimum atomic E-state index is -3.94. The quantitative estimate of drug-likeness (QED) is 0.332. The summed E-state index contributed by atoms with van der Waals surface area (Å²) >= 11 is 6.70. The van der Waals surface area contributed by atoms with Crippen LogP contribution >= 0.6 is 31.9 Å². The number of hydrogen-bond donors (Lipinski definition) is 3. The fourth-order valence-corrected chi connectivity index (χ4v) is 5.62. The zero-order valence-corrected chi connectivity index (χ0v) is 16.9. The van der Waals surface area contributed by atoms with Gasteiger partial charge in [-0.3, -0.25) is 15.0 Å². The molecule has 1 aliphatic rings. The van der Waals surface area contributed by atoms with Gasteiger partial charge in [0.1, 0.15) is 0 Å². The Morgan fingerprint density at radius 3 is 2.17 bits per heavy atom. The van der Waals surface area contributed by atoms with Crippen LogP contribution in [-0.2, 0) is 19.6 Å². The number of hydrogen-bond acceptors (Lipinski definition) is 5. The highest BCUT2D eigenvalue weighted by Crippen LogP contribution is 2.44. The molecule has 1 aromatic rings. The van der Waals surface area contributed by atoms with Gasteiger partial charge in [-0.15, -0.1) is 0 Å². The summed E-state index contributed by atoms with van der Waals surface area (Å²) in [5.41, 5.74) is 3.30. The first-order valence-corrected chi connectivity index (χ1v) is 9.95. The van der Waals surface area contributed by atoms with Crippen molar-refractivity contribution >= 4 is 59.4 Å². The van der Waals surface area contributed by atoms with Crippen LogP contribution in [0.4, 0.5) is 5.69 Å². The van der Waals surface area contributed by atoms with Crippen molar-refractivity contribution in [1.29, 1.82) is 0 Å². The third-order valence-corrected chi connectivity index (χ3v) is 7.07. The third kappa shape index (κ3) is 3.23. The highest BCUT2D eigenvalue weighted by molar-refractivity contribution is 9.11. The number of benzene rings is 1. The second kappa shape index (κ2) is 6.71. The molecule has 1 atom stereocenters. The van der Waals surface area contributed by atoms with E-state index < -0.39 is 21.8 Å². The lowest BCUT2D eigenvalue weighted by atomic mass is 10.1. The fourth-order valence-electron chi connectivity index (χ4n) is 2.81. The number of rotatable bonds is 3. The Hall–Kier alpha value is -1.01. The number of halogens is 2. The van der Waals surface area contributed by atoms with Crippen molar-refractivity contribution in [3.63, 3.8) is 0 Å². The van der Waals surface area contributed by atoms with Crippen LogP contribution in [0.15, 0.2) is 13.8 Å². The summed E-state index contributed by atoms with van der Waals surface area (Å²) in [4.78, 5) is 25.5. The van der Waals surface area contributed by atoms with Crippen LogP contribution in [0, 0.1) is 19.8 Å². The first-order valence-electron chi connectivity index (χ1n) is 6.82. The van der Waals surface area contributed by atoms with Gasteiger partial charge in [-0.25, -0.2) is 19.4 Å². The molecule has 0 saturated carbocycles. The van der Waals surface area contributed by atoms with Gasteiger partial charge in [-0.05, 0) is 56.8 Å². The zero-order chi connectivity index (χ0) is 18.4. The lowest BCUT2D eigenvalue weighted by Gasteiger charge is -2.24. The molecule has 0 spiro atoms. The van der Waals surface area contributed by atoms with Gasteiger partial charge < -0.3 is 4.90 Å². The van der Waals surface area contributed by atoms with Gasteiger partial charge in [-0.1, -0.05) is 0 Å². The molecule has 2 amide bonds. The van der Waals surface area contributed by atoms with E-state index in [1.54, 1.807) is 13.8 Å². The summed E-state index contributed by atoms with van der Waals surface area (Å²) in [5.74, 6) is 3.88. The van der Waals surface area contributed by atoms with E-state index in [0.29, 0.717) is 25.8 Å². The number of anilines is 1. The van der Waals surface area contributed by atoms with Gasteiger partial charge in [0, 0.05) is 21.9 Å². The smallest absolute Gasteiger partial charge is 0.239 e. The van der Waals surface area contributed by atoms with E-state index in [0.717, 1.165) is 0 Å². The Kier molecular flexibility index (Phi) is 5.40. The summed E-state index contributed by atoms with van der Waals surface area (Å²) < 4.78 is 24.5. The van der Waals surface area contributed by atoms with Gasteiger partial charge in [-0.2, -0.15) is 0 Å². The van der Waals surface area contributed by atoms with E-state index in [-0.39, 0.29) is 23.8 Å². The van der Waals surface area contributed by atoms with Crippen molar-refractivity contribution in [2.75, 3.05) is 11.4 Å². The Bertz CT molecular complexity index is 812. The summed E-state index contributed by atoms with van der Waals surface area (Å²) in [6, 6.07) is 0. The molecule has 8 nitrogen and oxygen atoms in total. The van der Waals surface area contributed by atoms with E-state index in [1.165, 1.54) is 4.90 Å². The van der Waals surface area contributed by atoms with Gasteiger partial charge in [0.25, 0.3) is 0 Å². The van der Waals surface area contributed by atoms with Gasteiger partial charge in [0.15, 0.2) is 0 Å². The van der Waals surface area contributed by atoms with Crippen molar-refractivity contribution < 1.29 is 18.0 Å². The predicted octanol–water partition coefficient (Wildman–Crippen LogP) is 0.819. The average molecular weight is 484 g/mol. The third-order valence-electron chi connectivity index (χ3n) is 3.95. The highest BCUT2D eigenvalue weighted by atomic mass is 79.9. The normalized spacial score (nSPS) is 18.2. The number of primary sulfonamides is 1. The molecule has 5 N–H and O–H groups in total. The molecule has 0 aromatic heterocycles. The molecule has 0 radical (unpaired) electrons. The van der Waals surface area contributed by atoms with Gasteiger partial charge >= 0.3 is 0 Å². The number of hydrazine groups is 1. The van der Waals surface area contributed by atoms with Crippen molar-refractivity contribution in [3.05, 3.63) is 20.1 Å². The molecular formula is C13H16Br2N4O4S. The molecule has 1 unspecified atom stereocenters. The summed E-state index contributed by atoms with van der Waals surface area (Å²) in [6.45, 7) is 3.33. The average Bonchev–Trinajstić information content (AvgIpc) is 2.85. The van der Waals surface area contributed by atoms with Crippen LogP contribution in [-0.4, -0.2) is 26.8 Å². The van der Waals surface area contributed by atoms with E-state index in [9.17, 15) is 18.0 Å². The van der Waals surface area contributed by atoms with Crippen LogP contribution in [0.1, 0.15) is 17.5 Å². The minimum Gasteiger partial charge on any atom is -0.309 e. The topological polar surface area (TPSA) is 136 Å². The number of nitrogens with two attached hydrogens (primary N) is 2. The van der Waals surface area contributed by atoms with E-state index >= 15 is 0 Å². The van der Waals surface area contributed by atoms with Crippen LogP contribution in [0.25, 0.3) is 0 Å². The second-order valence-electron chi connectivity index (χ2n) is 5.51. The molecule has 11 heteroatoms. The van der Waals surface area contributed by atoms with Crippen molar-refractivity contribution in [2.24, 2.45) is 16.9 Å². The van der Waals surface area contributed by atoms with Crippen molar-refractivity contribution in [1.82, 2.24) is 5.43 Å². The molecule has 132 valence electrons. The standard InChI is InChI=1S/C13H16Br2N4O4S/c1-5-9(14)11(10(15)6(2)12(5)24(17,22)23)19-4-7(3-8(19)20)13(21)18-16/h7H,3-4,16H2,1-2H3,(H,18,21)(H2,17,22,23). The van der Waals surface area contributed by atoms with Crippen LogP contribution < -0.4 is 21.3 Å². The number of sulfonamides is 1. The lowest BCUT2D eigenvalue weighted by Crippen LogP contribution is -2.37. The van der Waals surface area contributed by atoms with E-state index in [1.807, 2.05) is 5.43 Å². The lowest BCUT2D eigenvalue weighted by molar-refractivity contribution is -0.126. The van der Waals surface area contributed by atoms with E-state index in [2.05, 4.69) is 31.9 Å². The maximum absolute atomic E-state index is 12.3. The predicted molar refractivity (Wildman–Crippen MR) is 95.5 cm³/mol. The van der Waals surface area contributed by atoms with Crippen LogP contribution in [0.5, 0.6) is 0 Å². The molecule has 1 aromatic carbocycles. The molecule has 24 heavy (non-hydrogen) atoms.